The first kappa shape index (κ1) is 12.6. The second kappa shape index (κ2) is 4.41. The number of benzene rings is 1. The molecule has 0 aliphatic rings. The van der Waals surface area contributed by atoms with Crippen LogP contribution in [0.4, 0.5) is 4.39 Å². The Morgan fingerprint density at radius 1 is 1.50 bits per heavy atom. The summed E-state index contributed by atoms with van der Waals surface area (Å²) >= 11 is 3.00. The normalized spacial score (nSPS) is 10.6. The van der Waals surface area contributed by atoms with Crippen LogP contribution in [0.1, 0.15) is 16.1 Å². The minimum absolute atomic E-state index is 0.0580. The molecule has 0 unspecified atom stereocenters. The van der Waals surface area contributed by atoms with Gasteiger partial charge in [-0.15, -0.1) is 0 Å². The highest BCUT2D eigenvalue weighted by Gasteiger charge is 2.20. The molecule has 1 aromatic heterocycles. The maximum absolute atomic E-state index is 13.6. The predicted molar refractivity (Wildman–Crippen MR) is 63.0 cm³/mol. The lowest BCUT2D eigenvalue weighted by Crippen LogP contribution is -1.92. The zero-order valence-corrected chi connectivity index (χ0v) is 10.7. The number of hydrogen-bond acceptors (Lipinski definition) is 4. The summed E-state index contributed by atoms with van der Waals surface area (Å²) < 4.78 is 18.3. The van der Waals surface area contributed by atoms with Gasteiger partial charge in [0.2, 0.25) is 5.76 Å². The average Bonchev–Trinajstić information content (AvgIpc) is 2.76. The van der Waals surface area contributed by atoms with Crippen LogP contribution in [0.2, 0.25) is 0 Å². The first-order chi connectivity index (χ1) is 8.41. The molecule has 1 heterocycles. The zero-order chi connectivity index (χ0) is 13.4. The van der Waals surface area contributed by atoms with E-state index in [-0.39, 0.29) is 32.8 Å². The summed E-state index contributed by atoms with van der Waals surface area (Å²) in [4.78, 5) is 10.7. The molecule has 0 bridgehead atoms. The number of nitrogens with zero attached hydrogens (tertiary/aromatic N) is 1. The van der Waals surface area contributed by atoms with E-state index in [9.17, 15) is 14.3 Å². The third kappa shape index (κ3) is 1.97. The predicted octanol–water partition coefficient (Wildman–Crippen LogP) is 2.96. The van der Waals surface area contributed by atoms with E-state index in [1.807, 2.05) is 0 Å². The molecule has 5 nitrogen and oxygen atoms in total. The van der Waals surface area contributed by atoms with E-state index in [0.717, 1.165) is 12.1 Å². The van der Waals surface area contributed by atoms with Crippen molar-refractivity contribution in [2.45, 2.75) is 6.92 Å². The fourth-order valence-corrected chi connectivity index (χ4v) is 1.91. The third-order valence-electron chi connectivity index (χ3n) is 2.43. The number of carboxylic acids is 1. The van der Waals surface area contributed by atoms with Crippen molar-refractivity contribution in [1.29, 1.82) is 0 Å². The lowest BCUT2D eigenvalue weighted by molar-refractivity contribution is 0.0652. The number of aromatic carboxylic acids is 1. The van der Waals surface area contributed by atoms with Crippen LogP contribution in [0, 0.1) is 12.7 Å². The molecule has 0 aliphatic carbocycles. The highest BCUT2D eigenvalue weighted by atomic mass is 79.9. The van der Waals surface area contributed by atoms with Crippen LogP contribution in [0.25, 0.3) is 11.3 Å². The van der Waals surface area contributed by atoms with Crippen LogP contribution >= 0.6 is 15.9 Å². The van der Waals surface area contributed by atoms with Gasteiger partial charge in [-0.2, -0.15) is 0 Å². The van der Waals surface area contributed by atoms with Gasteiger partial charge in [0.25, 0.3) is 0 Å². The molecule has 2 aromatic rings. The Morgan fingerprint density at radius 3 is 2.72 bits per heavy atom. The number of phenolic OH excluding ortho intramolecular Hbond substituents is 1. The van der Waals surface area contributed by atoms with Crippen molar-refractivity contribution in [3.8, 4) is 17.0 Å². The van der Waals surface area contributed by atoms with Crippen molar-refractivity contribution in [2.24, 2.45) is 0 Å². The molecule has 0 spiro atoms. The minimum atomic E-state index is -1.29. The molecule has 0 amide bonds. The third-order valence-corrected chi connectivity index (χ3v) is 3.03. The molecule has 7 heteroatoms. The van der Waals surface area contributed by atoms with Gasteiger partial charge in [0.15, 0.2) is 0 Å². The van der Waals surface area contributed by atoms with E-state index in [1.165, 1.54) is 6.92 Å². The Balaban J connectivity index is 2.66. The summed E-state index contributed by atoms with van der Waals surface area (Å²) in [6, 6.07) is 2.24. The van der Waals surface area contributed by atoms with Crippen molar-refractivity contribution in [2.75, 3.05) is 0 Å². The first-order valence-electron chi connectivity index (χ1n) is 4.79. The van der Waals surface area contributed by atoms with Crippen LogP contribution < -0.4 is 0 Å². The first-order valence-corrected chi connectivity index (χ1v) is 5.59. The highest BCUT2D eigenvalue weighted by molar-refractivity contribution is 9.10. The fourth-order valence-electron chi connectivity index (χ4n) is 1.51. The maximum Gasteiger partial charge on any atom is 0.374 e. The van der Waals surface area contributed by atoms with Crippen molar-refractivity contribution >= 4 is 21.9 Å². The molecule has 0 atom stereocenters. The summed E-state index contributed by atoms with van der Waals surface area (Å²) in [6.07, 6.45) is 0. The van der Waals surface area contributed by atoms with Crippen LogP contribution in [-0.4, -0.2) is 21.3 Å². The molecule has 1 aromatic carbocycles. The summed E-state index contributed by atoms with van der Waals surface area (Å²) in [7, 11) is 0. The van der Waals surface area contributed by atoms with Gasteiger partial charge < -0.3 is 14.7 Å². The summed E-state index contributed by atoms with van der Waals surface area (Å²) in [5.41, 5.74) is 0.307. The number of aromatic hydroxyl groups is 1. The van der Waals surface area contributed by atoms with Gasteiger partial charge in [0.1, 0.15) is 17.3 Å². The van der Waals surface area contributed by atoms with Crippen molar-refractivity contribution in [3.63, 3.8) is 0 Å². The van der Waals surface area contributed by atoms with Gasteiger partial charge in [0.05, 0.1) is 10.0 Å². The fraction of sp³-hybridized carbons (Fsp3) is 0.0909. The molecular weight excluding hydrogens is 309 g/mol. The number of carboxylic acid groups (broad SMARTS) is 1. The number of phenols is 1. The lowest BCUT2D eigenvalue weighted by atomic mass is 10.0. The number of carbonyl (C=O) groups is 1. The number of aromatic nitrogens is 1. The monoisotopic (exact) mass is 315 g/mol. The van der Waals surface area contributed by atoms with Crippen LogP contribution in [0.15, 0.2) is 21.1 Å². The number of halogens is 2. The zero-order valence-electron chi connectivity index (χ0n) is 9.07. The molecule has 18 heavy (non-hydrogen) atoms. The van der Waals surface area contributed by atoms with E-state index in [4.69, 9.17) is 5.11 Å². The van der Waals surface area contributed by atoms with E-state index in [1.54, 1.807) is 0 Å². The summed E-state index contributed by atoms with van der Waals surface area (Å²) in [6.45, 7) is 1.45. The standard InChI is InChI=1S/C11H7BrFNO4/c1-4-6(13)2-5(12)10(15)9(4)7-3-8(11(16)17)18-14-7/h2-3,15H,1H3,(H,16,17). The quantitative estimate of drug-likeness (QED) is 0.890. The SMILES string of the molecule is Cc1c(F)cc(Br)c(O)c1-c1cc(C(=O)O)on1. The van der Waals surface area contributed by atoms with Crippen LogP contribution in [0.3, 0.4) is 0 Å². The van der Waals surface area contributed by atoms with Gasteiger partial charge >= 0.3 is 5.97 Å². The summed E-state index contributed by atoms with van der Waals surface area (Å²) in [5, 5.41) is 22.1. The van der Waals surface area contributed by atoms with Crippen molar-refractivity contribution in [3.05, 3.63) is 33.7 Å². The Hall–Kier alpha value is -1.89. The molecule has 0 radical (unpaired) electrons. The number of hydrogen-bond donors (Lipinski definition) is 2. The van der Waals surface area contributed by atoms with E-state index in [2.05, 4.69) is 25.6 Å². The Labute approximate surface area is 109 Å². The van der Waals surface area contributed by atoms with E-state index >= 15 is 0 Å². The lowest BCUT2D eigenvalue weighted by Gasteiger charge is -2.08. The van der Waals surface area contributed by atoms with Gasteiger partial charge in [0, 0.05) is 6.07 Å². The Bertz CT molecular complexity index is 612. The smallest absolute Gasteiger partial charge is 0.374 e. The van der Waals surface area contributed by atoms with Crippen molar-refractivity contribution < 1.29 is 23.9 Å². The van der Waals surface area contributed by atoms with Crippen LogP contribution in [-0.2, 0) is 0 Å². The maximum atomic E-state index is 13.6. The Morgan fingerprint density at radius 2 is 2.17 bits per heavy atom. The Kier molecular flexibility index (Phi) is 3.08. The topological polar surface area (TPSA) is 83.6 Å². The highest BCUT2D eigenvalue weighted by Crippen LogP contribution is 2.39. The average molecular weight is 316 g/mol. The molecule has 0 aliphatic heterocycles. The van der Waals surface area contributed by atoms with Crippen molar-refractivity contribution in [1.82, 2.24) is 5.16 Å². The van der Waals surface area contributed by atoms with E-state index < -0.39 is 11.8 Å². The molecule has 2 N–H and O–H groups in total. The second-order valence-corrected chi connectivity index (χ2v) is 4.42. The molecule has 94 valence electrons. The number of rotatable bonds is 2. The molecule has 0 saturated carbocycles. The molecular formula is C11H7BrFNO4. The summed E-state index contributed by atoms with van der Waals surface area (Å²) in [5.74, 6) is -2.45. The molecule has 2 rings (SSSR count). The van der Waals surface area contributed by atoms with Gasteiger partial charge in [-0.25, -0.2) is 9.18 Å². The van der Waals surface area contributed by atoms with Gasteiger partial charge in [-0.1, -0.05) is 5.16 Å². The largest absolute Gasteiger partial charge is 0.506 e. The second-order valence-electron chi connectivity index (χ2n) is 3.57. The van der Waals surface area contributed by atoms with Crippen LogP contribution in [0.5, 0.6) is 5.75 Å². The van der Waals surface area contributed by atoms with Gasteiger partial charge in [-0.3, -0.25) is 0 Å². The molecule has 0 fully saturated rings. The molecule has 0 saturated heterocycles. The van der Waals surface area contributed by atoms with E-state index in [0.29, 0.717) is 0 Å². The minimum Gasteiger partial charge on any atom is -0.506 e. The van der Waals surface area contributed by atoms with Gasteiger partial charge in [-0.05, 0) is 34.5 Å².